The Balaban J connectivity index is 0.00000385. The van der Waals surface area contributed by atoms with Crippen molar-refractivity contribution in [2.75, 3.05) is 7.11 Å². The zero-order valence-electron chi connectivity index (χ0n) is 19.1. The van der Waals surface area contributed by atoms with Gasteiger partial charge < -0.3 is 4.74 Å². The van der Waals surface area contributed by atoms with Crippen LogP contribution in [-0.2, 0) is 17.1 Å². The molecule has 3 rings (SSSR count). The minimum absolute atomic E-state index is 0. The van der Waals surface area contributed by atoms with Crippen LogP contribution >= 0.6 is 23.2 Å². The number of halogens is 2. The maximum Gasteiger partial charge on any atom is 0.197 e. The van der Waals surface area contributed by atoms with Crippen LogP contribution in [0.15, 0.2) is 47.5 Å². The first-order valence-electron chi connectivity index (χ1n) is 10.4. The van der Waals surface area contributed by atoms with Gasteiger partial charge in [0.1, 0.15) is 0 Å². The predicted molar refractivity (Wildman–Crippen MR) is 132 cm³/mol. The third kappa shape index (κ3) is 5.85. The van der Waals surface area contributed by atoms with Crippen molar-refractivity contribution < 1.29 is 26.6 Å². The van der Waals surface area contributed by atoms with Gasteiger partial charge in [-0.05, 0) is 28.5 Å². The van der Waals surface area contributed by atoms with Crippen LogP contribution in [-0.4, -0.2) is 24.1 Å². The number of para-hydroxylation sites is 1. The van der Waals surface area contributed by atoms with Gasteiger partial charge in [0.25, 0.3) is 0 Å². The number of aromatic nitrogens is 1. The molecule has 0 aliphatic rings. The van der Waals surface area contributed by atoms with E-state index in [2.05, 4.69) is 43.7 Å². The molecule has 0 atom stereocenters. The molecular weight excluding hydrogens is 499 g/mol. The summed E-state index contributed by atoms with van der Waals surface area (Å²) in [6.07, 6.45) is 1.30. The summed E-state index contributed by atoms with van der Waals surface area (Å²) in [6.45, 7) is 8.42. The maximum atomic E-state index is 13.4. The number of benzene rings is 2. The van der Waals surface area contributed by atoms with Crippen molar-refractivity contribution in [2.24, 2.45) is 4.99 Å². The third-order valence-corrected chi connectivity index (χ3v) is 5.87. The Morgan fingerprint density at radius 1 is 1.06 bits per heavy atom. The molecule has 2 aromatic carbocycles. The largest absolute Gasteiger partial charge is 0.487 e. The van der Waals surface area contributed by atoms with Crippen molar-refractivity contribution in [1.82, 2.24) is 4.98 Å². The van der Waals surface area contributed by atoms with Gasteiger partial charge in [0.2, 0.25) is 0 Å². The summed E-state index contributed by atoms with van der Waals surface area (Å²) < 4.78 is 5.42. The molecule has 0 unspecified atom stereocenters. The molecule has 4 nitrogen and oxygen atoms in total. The number of rotatable bonds is 7. The topological polar surface area (TPSA) is 51.5 Å². The third-order valence-electron chi connectivity index (χ3n) is 5.14. The second-order valence-corrected chi connectivity index (χ2v) is 8.71. The van der Waals surface area contributed by atoms with Gasteiger partial charge in [0, 0.05) is 22.6 Å². The Morgan fingerprint density at radius 2 is 1.70 bits per heavy atom. The number of ketones is 1. The summed E-state index contributed by atoms with van der Waals surface area (Å²) in [7, 11) is 1.47. The van der Waals surface area contributed by atoms with Gasteiger partial charge in [0.15, 0.2) is 16.8 Å². The fraction of sp³-hybridized carbons (Fsp3) is 0.269. The van der Waals surface area contributed by atoms with Crippen molar-refractivity contribution in [3.05, 3.63) is 75.4 Å². The molecule has 0 bridgehead atoms. The van der Waals surface area contributed by atoms with Crippen molar-refractivity contribution in [3.63, 3.8) is 0 Å². The first-order valence-corrected chi connectivity index (χ1v) is 11.1. The molecule has 0 N–H and O–H groups in total. The van der Waals surface area contributed by atoms with Crippen LogP contribution in [0.2, 0.25) is 10.2 Å². The summed E-state index contributed by atoms with van der Waals surface area (Å²) in [5.41, 5.74) is 4.20. The number of aliphatic imine (C=N–C) groups is 1. The second kappa shape index (κ2) is 11.8. The molecule has 174 valence electrons. The van der Waals surface area contributed by atoms with E-state index in [0.29, 0.717) is 11.1 Å². The number of methoxy groups -OCH3 is 1. The van der Waals surface area contributed by atoms with Gasteiger partial charge in [-0.1, -0.05) is 69.1 Å². The van der Waals surface area contributed by atoms with Crippen LogP contribution in [0.1, 0.15) is 61.0 Å². The molecular formula is C26H25Cl2FeN2O2-. The van der Waals surface area contributed by atoms with E-state index in [0.717, 1.165) is 16.8 Å². The van der Waals surface area contributed by atoms with E-state index in [-0.39, 0.29) is 50.5 Å². The van der Waals surface area contributed by atoms with Gasteiger partial charge in [-0.2, -0.15) is 0 Å². The standard InChI is InChI=1S/C26H25Cl2N2O2.Fe/c1-15(2)18-12-9-13-19(16(3)4)24(18)29-14-20(31)22-21(17-10-7-6-8-11-17)26(32-5)30-25(28)23(22)27;/h6-10,12-16H,1-5H3;/q-1;. The number of carbonyl (C=O) groups excluding carboxylic acids is 1. The minimum atomic E-state index is -0.391. The van der Waals surface area contributed by atoms with Crippen molar-refractivity contribution >= 4 is 40.9 Å². The van der Waals surface area contributed by atoms with E-state index in [1.807, 2.05) is 36.4 Å². The van der Waals surface area contributed by atoms with Crippen molar-refractivity contribution in [3.8, 4) is 17.0 Å². The fourth-order valence-corrected chi connectivity index (χ4v) is 3.94. The molecule has 3 aromatic rings. The molecule has 1 aromatic heterocycles. The molecule has 0 aliphatic heterocycles. The van der Waals surface area contributed by atoms with Crippen molar-refractivity contribution in [1.29, 1.82) is 0 Å². The SMILES string of the molecule is COc1nc(Cl)c(Cl)c(C(=O)C=Nc2c(C(C)C)cccc2C(C)C)c1-c1[c-]cccc1.[Fe]. The smallest absolute Gasteiger partial charge is 0.197 e. The van der Waals surface area contributed by atoms with E-state index in [9.17, 15) is 4.79 Å². The van der Waals surface area contributed by atoms with E-state index in [1.54, 1.807) is 6.07 Å². The van der Waals surface area contributed by atoms with Gasteiger partial charge in [-0.3, -0.25) is 9.79 Å². The summed E-state index contributed by atoms with van der Waals surface area (Å²) in [4.78, 5) is 22.3. The quantitative estimate of drug-likeness (QED) is 0.105. The number of nitrogens with zero attached hydrogens (tertiary/aromatic N) is 2. The Labute approximate surface area is 215 Å². The number of hydrogen-bond donors (Lipinski definition) is 0. The number of ether oxygens (including phenoxy) is 1. The summed E-state index contributed by atoms with van der Waals surface area (Å²) in [5, 5.41) is 0.0443. The van der Waals surface area contributed by atoms with Gasteiger partial charge in [0.05, 0.1) is 24.0 Å². The van der Waals surface area contributed by atoms with E-state index in [4.69, 9.17) is 27.9 Å². The molecule has 0 saturated carbocycles. The van der Waals surface area contributed by atoms with Gasteiger partial charge in [-0.15, -0.1) is 35.9 Å². The molecule has 0 aliphatic carbocycles. The van der Waals surface area contributed by atoms with Crippen LogP contribution in [0.5, 0.6) is 5.88 Å². The molecule has 0 radical (unpaired) electrons. The van der Waals surface area contributed by atoms with Crippen LogP contribution < -0.4 is 4.74 Å². The van der Waals surface area contributed by atoms with Crippen LogP contribution in [0.3, 0.4) is 0 Å². The Kier molecular flexibility index (Phi) is 9.69. The summed E-state index contributed by atoms with van der Waals surface area (Å²) in [6, 6.07) is 16.4. The predicted octanol–water partition coefficient (Wildman–Crippen LogP) is 7.69. The Hall–Kier alpha value is -2.17. The van der Waals surface area contributed by atoms with E-state index < -0.39 is 5.78 Å². The first-order chi connectivity index (χ1) is 15.3. The second-order valence-electron chi connectivity index (χ2n) is 7.97. The molecule has 0 saturated heterocycles. The monoisotopic (exact) mass is 523 g/mol. The molecule has 0 spiro atoms. The molecule has 33 heavy (non-hydrogen) atoms. The summed E-state index contributed by atoms with van der Waals surface area (Å²) in [5.74, 6) is 0.316. The van der Waals surface area contributed by atoms with Crippen LogP contribution in [0.4, 0.5) is 5.69 Å². The van der Waals surface area contributed by atoms with E-state index >= 15 is 0 Å². The fourth-order valence-electron chi connectivity index (χ4n) is 3.54. The average Bonchev–Trinajstić information content (AvgIpc) is 2.78. The van der Waals surface area contributed by atoms with Crippen LogP contribution in [0, 0.1) is 6.07 Å². The average molecular weight is 524 g/mol. The number of pyridine rings is 1. The minimum Gasteiger partial charge on any atom is -0.487 e. The number of carbonyl (C=O) groups is 1. The zero-order chi connectivity index (χ0) is 23.4. The van der Waals surface area contributed by atoms with Gasteiger partial charge >= 0.3 is 0 Å². The summed E-state index contributed by atoms with van der Waals surface area (Å²) >= 11 is 12.7. The molecule has 7 heteroatoms. The molecule has 0 amide bonds. The Bertz CT molecular complexity index is 1140. The first kappa shape index (κ1) is 27.1. The zero-order valence-corrected chi connectivity index (χ0v) is 21.7. The normalized spacial score (nSPS) is 11.2. The maximum absolute atomic E-state index is 13.4. The van der Waals surface area contributed by atoms with E-state index in [1.165, 1.54) is 13.3 Å². The van der Waals surface area contributed by atoms with Crippen molar-refractivity contribution in [2.45, 2.75) is 39.5 Å². The molecule has 1 heterocycles. The van der Waals surface area contributed by atoms with Crippen LogP contribution in [0.25, 0.3) is 11.1 Å². The number of hydrogen-bond acceptors (Lipinski definition) is 4. The van der Waals surface area contributed by atoms with Gasteiger partial charge in [-0.25, -0.2) is 4.98 Å². The number of Topliss-reactive ketones (excluding diaryl/α,β-unsaturated/α-hetero) is 1. The molecule has 0 fully saturated rings. The Morgan fingerprint density at radius 3 is 2.21 bits per heavy atom.